The molecular weight excluding hydrogens is 346 g/mol. The van der Waals surface area contributed by atoms with Gasteiger partial charge in [-0.2, -0.15) is 0 Å². The minimum Gasteiger partial charge on any atom is -0.497 e. The van der Waals surface area contributed by atoms with E-state index in [4.69, 9.17) is 9.47 Å². The highest BCUT2D eigenvalue weighted by molar-refractivity contribution is 9.10. The summed E-state index contributed by atoms with van der Waals surface area (Å²) < 4.78 is 11.2. The Bertz CT molecular complexity index is 779. The standard InChI is InChI=1S/C17H12BrNO3/c1-21-14-7-5-11(6-8-14)9-15-17(20)22-16(19-15)12-3-2-4-13(18)10-12/h2-10H,1H3/b15-9-. The molecule has 0 aliphatic carbocycles. The maximum absolute atomic E-state index is 11.9. The molecule has 0 saturated heterocycles. The van der Waals surface area contributed by atoms with Crippen molar-refractivity contribution in [1.29, 1.82) is 0 Å². The zero-order valence-electron chi connectivity index (χ0n) is 11.7. The summed E-state index contributed by atoms with van der Waals surface area (Å²) in [5.74, 6) is 0.617. The summed E-state index contributed by atoms with van der Waals surface area (Å²) >= 11 is 3.38. The van der Waals surface area contributed by atoms with Crippen molar-refractivity contribution in [2.75, 3.05) is 7.11 Å². The van der Waals surface area contributed by atoms with Gasteiger partial charge in [0, 0.05) is 10.0 Å². The first-order valence-corrected chi connectivity index (χ1v) is 7.37. The van der Waals surface area contributed by atoms with Crippen molar-refractivity contribution in [3.05, 3.63) is 69.8 Å². The van der Waals surface area contributed by atoms with Gasteiger partial charge < -0.3 is 9.47 Å². The molecule has 0 amide bonds. The summed E-state index contributed by atoms with van der Waals surface area (Å²) in [5, 5.41) is 0. The Kier molecular flexibility index (Phi) is 4.06. The van der Waals surface area contributed by atoms with Crippen LogP contribution >= 0.6 is 15.9 Å². The third kappa shape index (κ3) is 3.09. The van der Waals surface area contributed by atoms with E-state index in [9.17, 15) is 4.79 Å². The van der Waals surface area contributed by atoms with E-state index in [1.165, 1.54) is 0 Å². The largest absolute Gasteiger partial charge is 0.497 e. The SMILES string of the molecule is COc1ccc(/C=C2\N=C(c3cccc(Br)c3)OC2=O)cc1. The van der Waals surface area contributed by atoms with Gasteiger partial charge in [-0.1, -0.05) is 34.1 Å². The Balaban J connectivity index is 1.90. The summed E-state index contributed by atoms with van der Waals surface area (Å²) in [5.41, 5.74) is 1.88. The molecule has 4 nitrogen and oxygen atoms in total. The van der Waals surface area contributed by atoms with Crippen LogP contribution in [0.25, 0.3) is 6.08 Å². The van der Waals surface area contributed by atoms with Crippen molar-refractivity contribution in [2.45, 2.75) is 0 Å². The topological polar surface area (TPSA) is 47.9 Å². The zero-order chi connectivity index (χ0) is 15.5. The number of ether oxygens (including phenoxy) is 2. The predicted octanol–water partition coefficient (Wildman–Crippen LogP) is 3.80. The molecule has 5 heteroatoms. The smallest absolute Gasteiger partial charge is 0.363 e. The fraction of sp³-hybridized carbons (Fsp3) is 0.0588. The van der Waals surface area contributed by atoms with E-state index in [2.05, 4.69) is 20.9 Å². The fourth-order valence-corrected chi connectivity index (χ4v) is 2.41. The van der Waals surface area contributed by atoms with Crippen LogP contribution in [0.15, 0.2) is 63.7 Å². The molecule has 1 heterocycles. The van der Waals surface area contributed by atoms with Gasteiger partial charge in [0.1, 0.15) is 5.75 Å². The quantitative estimate of drug-likeness (QED) is 0.619. The number of rotatable bonds is 3. The molecule has 2 aromatic rings. The van der Waals surface area contributed by atoms with Gasteiger partial charge in [0.2, 0.25) is 5.90 Å². The average molecular weight is 358 g/mol. The van der Waals surface area contributed by atoms with Crippen LogP contribution in [0.1, 0.15) is 11.1 Å². The van der Waals surface area contributed by atoms with Crippen LogP contribution in [-0.4, -0.2) is 19.0 Å². The van der Waals surface area contributed by atoms with Crippen LogP contribution in [0.3, 0.4) is 0 Å². The van der Waals surface area contributed by atoms with E-state index in [0.717, 1.165) is 21.3 Å². The Morgan fingerprint density at radius 1 is 1.18 bits per heavy atom. The summed E-state index contributed by atoms with van der Waals surface area (Å²) in [6.45, 7) is 0. The number of aliphatic imine (C=N–C) groups is 1. The molecule has 0 atom stereocenters. The number of benzene rings is 2. The molecule has 0 bridgehead atoms. The molecule has 3 rings (SSSR count). The van der Waals surface area contributed by atoms with Gasteiger partial charge in [-0.05, 0) is 42.0 Å². The molecule has 0 unspecified atom stereocenters. The van der Waals surface area contributed by atoms with E-state index in [1.807, 2.05) is 48.5 Å². The zero-order valence-corrected chi connectivity index (χ0v) is 13.3. The predicted molar refractivity (Wildman–Crippen MR) is 87.7 cm³/mol. The van der Waals surface area contributed by atoms with Gasteiger partial charge in [0.15, 0.2) is 5.70 Å². The number of carbonyl (C=O) groups excluding carboxylic acids is 1. The van der Waals surface area contributed by atoms with Crippen molar-refractivity contribution in [1.82, 2.24) is 0 Å². The van der Waals surface area contributed by atoms with Crippen LogP contribution < -0.4 is 4.74 Å². The van der Waals surface area contributed by atoms with Crippen LogP contribution in [-0.2, 0) is 9.53 Å². The van der Waals surface area contributed by atoms with E-state index in [-0.39, 0.29) is 5.70 Å². The third-order valence-corrected chi connectivity index (χ3v) is 3.60. The highest BCUT2D eigenvalue weighted by atomic mass is 79.9. The molecule has 0 fully saturated rings. The Morgan fingerprint density at radius 2 is 1.95 bits per heavy atom. The highest BCUT2D eigenvalue weighted by Gasteiger charge is 2.24. The molecular formula is C17H12BrNO3. The monoisotopic (exact) mass is 357 g/mol. The van der Waals surface area contributed by atoms with E-state index in [0.29, 0.717) is 5.90 Å². The van der Waals surface area contributed by atoms with Crippen molar-refractivity contribution in [3.63, 3.8) is 0 Å². The molecule has 0 radical (unpaired) electrons. The van der Waals surface area contributed by atoms with Crippen LogP contribution in [0, 0.1) is 0 Å². The van der Waals surface area contributed by atoms with Crippen LogP contribution in [0.4, 0.5) is 0 Å². The van der Waals surface area contributed by atoms with Gasteiger partial charge in [-0.15, -0.1) is 0 Å². The molecule has 0 aromatic heterocycles. The Labute approximate surface area is 136 Å². The number of methoxy groups -OCH3 is 1. The van der Waals surface area contributed by atoms with Crippen molar-refractivity contribution in [3.8, 4) is 5.75 Å². The minimum absolute atomic E-state index is 0.278. The number of cyclic esters (lactones) is 1. The first-order chi connectivity index (χ1) is 10.7. The molecule has 110 valence electrons. The normalized spacial score (nSPS) is 15.6. The van der Waals surface area contributed by atoms with Crippen LogP contribution in [0.5, 0.6) is 5.75 Å². The molecule has 22 heavy (non-hydrogen) atoms. The summed E-state index contributed by atoms with van der Waals surface area (Å²) in [4.78, 5) is 16.2. The second-order valence-corrected chi connectivity index (χ2v) is 5.54. The fourth-order valence-electron chi connectivity index (χ4n) is 2.01. The van der Waals surface area contributed by atoms with Gasteiger partial charge in [0.25, 0.3) is 0 Å². The number of carbonyl (C=O) groups is 1. The van der Waals surface area contributed by atoms with E-state index < -0.39 is 5.97 Å². The average Bonchev–Trinajstić information content (AvgIpc) is 2.89. The minimum atomic E-state index is -0.453. The van der Waals surface area contributed by atoms with Gasteiger partial charge >= 0.3 is 5.97 Å². The van der Waals surface area contributed by atoms with Gasteiger partial charge in [-0.3, -0.25) is 0 Å². The Morgan fingerprint density at radius 3 is 2.64 bits per heavy atom. The lowest BCUT2D eigenvalue weighted by Crippen LogP contribution is -2.05. The molecule has 0 saturated carbocycles. The summed E-state index contributed by atoms with van der Waals surface area (Å²) in [6.07, 6.45) is 1.69. The lowest BCUT2D eigenvalue weighted by Gasteiger charge is -1.99. The second kappa shape index (κ2) is 6.15. The number of halogens is 1. The summed E-state index contributed by atoms with van der Waals surface area (Å²) in [7, 11) is 1.61. The molecule has 1 aliphatic heterocycles. The highest BCUT2D eigenvalue weighted by Crippen LogP contribution is 2.21. The van der Waals surface area contributed by atoms with Crippen molar-refractivity contribution < 1.29 is 14.3 Å². The maximum Gasteiger partial charge on any atom is 0.363 e. The molecule has 0 spiro atoms. The van der Waals surface area contributed by atoms with E-state index >= 15 is 0 Å². The lowest BCUT2D eigenvalue weighted by molar-refractivity contribution is -0.129. The van der Waals surface area contributed by atoms with Crippen LogP contribution in [0.2, 0.25) is 0 Å². The first-order valence-electron chi connectivity index (χ1n) is 6.58. The number of esters is 1. The number of nitrogens with zero attached hydrogens (tertiary/aromatic N) is 1. The lowest BCUT2D eigenvalue weighted by atomic mass is 10.2. The third-order valence-electron chi connectivity index (χ3n) is 3.11. The molecule has 0 N–H and O–H groups in total. The van der Waals surface area contributed by atoms with Crippen molar-refractivity contribution in [2.24, 2.45) is 4.99 Å². The number of hydrogen-bond acceptors (Lipinski definition) is 4. The van der Waals surface area contributed by atoms with Crippen molar-refractivity contribution >= 4 is 33.9 Å². The van der Waals surface area contributed by atoms with Gasteiger partial charge in [0.05, 0.1) is 7.11 Å². The number of hydrogen-bond donors (Lipinski definition) is 0. The second-order valence-electron chi connectivity index (χ2n) is 4.62. The first kappa shape index (κ1) is 14.5. The molecule has 2 aromatic carbocycles. The maximum atomic E-state index is 11.9. The van der Waals surface area contributed by atoms with E-state index in [1.54, 1.807) is 13.2 Å². The molecule has 1 aliphatic rings. The van der Waals surface area contributed by atoms with Gasteiger partial charge in [-0.25, -0.2) is 9.79 Å². The Hall–Kier alpha value is -2.40. The summed E-state index contributed by atoms with van der Waals surface area (Å²) in [6, 6.07) is 14.8.